The first kappa shape index (κ1) is 22.4. The third kappa shape index (κ3) is 4.27. The number of rotatable bonds is 6. The van der Waals surface area contributed by atoms with E-state index in [1.807, 2.05) is 34.6 Å². The largest absolute Gasteiger partial charge is 0.483 e. The first-order valence-corrected chi connectivity index (χ1v) is 12.1. The molecule has 7 nitrogen and oxygen atoms in total. The molecule has 4 heterocycles. The highest BCUT2D eigenvalue weighted by molar-refractivity contribution is 5.88. The average molecular weight is 463 g/mol. The molecule has 5 rings (SSSR count). The Labute approximate surface area is 197 Å². The Morgan fingerprint density at radius 2 is 2.00 bits per heavy atom. The smallest absolute Gasteiger partial charge is 0.336 e. The Bertz CT molecular complexity index is 1360. The van der Waals surface area contributed by atoms with Crippen molar-refractivity contribution < 1.29 is 13.9 Å². The van der Waals surface area contributed by atoms with Gasteiger partial charge in [-0.1, -0.05) is 19.4 Å². The van der Waals surface area contributed by atoms with Crippen molar-refractivity contribution in [2.24, 2.45) is 5.92 Å². The van der Waals surface area contributed by atoms with Gasteiger partial charge in [0.15, 0.2) is 6.61 Å². The van der Waals surface area contributed by atoms with Gasteiger partial charge >= 0.3 is 5.63 Å². The molecule has 3 aromatic rings. The van der Waals surface area contributed by atoms with Crippen LogP contribution in [0.4, 0.5) is 0 Å². The number of amides is 1. The van der Waals surface area contributed by atoms with Crippen molar-refractivity contribution >= 4 is 16.9 Å². The fraction of sp³-hybridized carbons (Fsp3) is 0.444. The number of likely N-dealkylation sites (tertiary alicyclic amines) is 1. The van der Waals surface area contributed by atoms with Gasteiger partial charge in [-0.15, -0.1) is 0 Å². The van der Waals surface area contributed by atoms with Crippen molar-refractivity contribution in [3.8, 4) is 5.75 Å². The Morgan fingerprint density at radius 3 is 2.82 bits per heavy atom. The topological polar surface area (TPSA) is 81.8 Å². The van der Waals surface area contributed by atoms with Crippen LogP contribution < -0.4 is 15.9 Å². The Hall–Kier alpha value is -3.35. The molecule has 7 heteroatoms. The highest BCUT2D eigenvalue weighted by atomic mass is 16.5. The minimum absolute atomic E-state index is 0.0344. The Balaban J connectivity index is 1.36. The number of carbonyl (C=O) groups excluding carboxylic acids is 1. The van der Waals surface area contributed by atoms with Gasteiger partial charge in [-0.3, -0.25) is 9.59 Å². The maximum Gasteiger partial charge on any atom is 0.336 e. The van der Waals surface area contributed by atoms with Gasteiger partial charge in [0, 0.05) is 43.4 Å². The molecule has 0 radical (unpaired) electrons. The second-order valence-corrected chi connectivity index (χ2v) is 9.62. The number of hydrogen-bond acceptors (Lipinski definition) is 5. The van der Waals surface area contributed by atoms with E-state index in [2.05, 4.69) is 6.92 Å². The van der Waals surface area contributed by atoms with Gasteiger partial charge in [-0.25, -0.2) is 4.79 Å². The minimum atomic E-state index is -0.370. The standard InChI is InChI=1S/C27H30N2O5/c1-3-4-6-19-12-26(32)34-23-10-17(2)9-22(27(19)23)33-16-25(31)28-13-18-11-20(15-28)21-7-5-8-24(30)29(21)14-18/h5,7-10,12,18,20H,3-4,6,11,13-16H2,1-2H3/t18-,20+/m0/s1. The van der Waals surface area contributed by atoms with Gasteiger partial charge in [0.2, 0.25) is 0 Å². The molecule has 0 saturated carbocycles. The second-order valence-electron chi connectivity index (χ2n) is 9.62. The lowest BCUT2D eigenvalue weighted by Gasteiger charge is -2.42. The van der Waals surface area contributed by atoms with E-state index in [1.54, 1.807) is 12.1 Å². The van der Waals surface area contributed by atoms with Crippen LogP contribution in [0.25, 0.3) is 11.0 Å². The highest BCUT2D eigenvalue weighted by Crippen LogP contribution is 2.35. The van der Waals surface area contributed by atoms with Crippen LogP contribution in [0.3, 0.4) is 0 Å². The van der Waals surface area contributed by atoms with Crippen LogP contribution in [0, 0.1) is 12.8 Å². The van der Waals surface area contributed by atoms with Gasteiger partial charge in [0.1, 0.15) is 11.3 Å². The molecule has 2 aliphatic rings. The number of pyridine rings is 1. The minimum Gasteiger partial charge on any atom is -0.483 e. The summed E-state index contributed by atoms with van der Waals surface area (Å²) in [4.78, 5) is 39.4. The van der Waals surface area contributed by atoms with Crippen molar-refractivity contribution in [2.75, 3.05) is 19.7 Å². The fourth-order valence-electron chi connectivity index (χ4n) is 5.48. The van der Waals surface area contributed by atoms with E-state index in [0.717, 1.165) is 47.9 Å². The number of benzene rings is 1. The normalized spacial score (nSPS) is 19.2. The summed E-state index contributed by atoms with van der Waals surface area (Å²) in [6.07, 6.45) is 3.71. The van der Waals surface area contributed by atoms with E-state index in [1.165, 1.54) is 6.07 Å². The molecular formula is C27H30N2O5. The molecule has 2 bridgehead atoms. The lowest BCUT2D eigenvalue weighted by molar-refractivity contribution is -0.136. The molecule has 0 spiro atoms. The molecule has 2 atom stereocenters. The van der Waals surface area contributed by atoms with Gasteiger partial charge < -0.3 is 18.6 Å². The molecule has 0 aliphatic carbocycles. The van der Waals surface area contributed by atoms with Crippen molar-refractivity contribution in [3.63, 3.8) is 0 Å². The Morgan fingerprint density at radius 1 is 1.15 bits per heavy atom. The Kier molecular flexibility index (Phi) is 6.02. The SMILES string of the molecule is CCCCc1cc(=O)oc2cc(C)cc(OCC(=O)N3C[C@@H]4C[C@H](C3)c3cccc(=O)n3C4)c12. The number of nitrogens with zero attached hydrogens (tertiary/aromatic N) is 2. The summed E-state index contributed by atoms with van der Waals surface area (Å²) in [5.41, 5.74) is 2.97. The zero-order chi connectivity index (χ0) is 23.8. The van der Waals surface area contributed by atoms with Gasteiger partial charge in [-0.2, -0.15) is 0 Å². The molecule has 2 aromatic heterocycles. The molecule has 0 unspecified atom stereocenters. The predicted molar refractivity (Wildman–Crippen MR) is 129 cm³/mol. The number of aromatic nitrogens is 1. The van der Waals surface area contributed by atoms with Crippen molar-refractivity contribution in [1.82, 2.24) is 9.47 Å². The van der Waals surface area contributed by atoms with Crippen molar-refractivity contribution in [1.29, 1.82) is 0 Å². The van der Waals surface area contributed by atoms with E-state index >= 15 is 0 Å². The molecule has 1 fully saturated rings. The van der Waals surface area contributed by atoms with Crippen LogP contribution >= 0.6 is 0 Å². The van der Waals surface area contributed by atoms with Crippen LogP contribution in [0.15, 0.2) is 50.4 Å². The third-order valence-corrected chi connectivity index (χ3v) is 7.02. The molecule has 2 aliphatic heterocycles. The van der Waals surface area contributed by atoms with Crippen molar-refractivity contribution in [2.45, 2.75) is 52.0 Å². The van der Waals surface area contributed by atoms with Crippen LogP contribution in [0.5, 0.6) is 5.75 Å². The fourth-order valence-corrected chi connectivity index (χ4v) is 5.48. The van der Waals surface area contributed by atoms with E-state index < -0.39 is 0 Å². The van der Waals surface area contributed by atoms with E-state index in [0.29, 0.717) is 31.0 Å². The van der Waals surface area contributed by atoms with Crippen LogP contribution in [0.2, 0.25) is 0 Å². The number of ether oxygens (including phenoxy) is 1. The second kappa shape index (κ2) is 9.12. The first-order valence-electron chi connectivity index (χ1n) is 12.1. The van der Waals surface area contributed by atoms with E-state index in [-0.39, 0.29) is 35.5 Å². The molecular weight excluding hydrogens is 432 g/mol. The molecule has 1 saturated heterocycles. The summed E-state index contributed by atoms with van der Waals surface area (Å²) >= 11 is 0. The number of carbonyl (C=O) groups is 1. The van der Waals surface area contributed by atoms with E-state index in [9.17, 15) is 14.4 Å². The molecule has 178 valence electrons. The summed E-state index contributed by atoms with van der Waals surface area (Å²) < 4.78 is 13.4. The summed E-state index contributed by atoms with van der Waals surface area (Å²) in [6, 6.07) is 10.7. The number of aryl methyl sites for hydroxylation is 2. The lowest BCUT2D eigenvalue weighted by Crippen LogP contribution is -2.50. The summed E-state index contributed by atoms with van der Waals surface area (Å²) in [7, 11) is 0. The first-order chi connectivity index (χ1) is 16.4. The lowest BCUT2D eigenvalue weighted by atomic mass is 9.83. The van der Waals surface area contributed by atoms with Crippen molar-refractivity contribution in [3.05, 3.63) is 74.0 Å². The third-order valence-electron chi connectivity index (χ3n) is 7.02. The maximum absolute atomic E-state index is 13.2. The number of hydrogen-bond donors (Lipinski definition) is 0. The molecule has 0 N–H and O–H groups in total. The van der Waals surface area contributed by atoms with Crippen LogP contribution in [-0.2, 0) is 17.8 Å². The zero-order valence-electron chi connectivity index (χ0n) is 19.7. The van der Waals surface area contributed by atoms with Gasteiger partial charge in [0.05, 0.1) is 5.39 Å². The van der Waals surface area contributed by atoms with Crippen LogP contribution in [-0.4, -0.2) is 35.1 Å². The number of piperidine rings is 1. The monoisotopic (exact) mass is 462 g/mol. The van der Waals surface area contributed by atoms with Gasteiger partial charge in [0.25, 0.3) is 11.5 Å². The average Bonchev–Trinajstić information content (AvgIpc) is 2.81. The molecule has 34 heavy (non-hydrogen) atoms. The summed E-state index contributed by atoms with van der Waals surface area (Å²) in [6.45, 7) is 5.82. The zero-order valence-corrected chi connectivity index (χ0v) is 19.7. The number of fused-ring (bicyclic) bond motifs is 5. The summed E-state index contributed by atoms with van der Waals surface area (Å²) in [5, 5.41) is 0.773. The summed E-state index contributed by atoms with van der Waals surface area (Å²) in [5.74, 6) is 0.945. The maximum atomic E-state index is 13.2. The highest BCUT2D eigenvalue weighted by Gasteiger charge is 2.36. The quantitative estimate of drug-likeness (QED) is 0.523. The number of unbranched alkanes of at least 4 members (excludes halogenated alkanes) is 1. The molecule has 1 aromatic carbocycles. The van der Waals surface area contributed by atoms with Gasteiger partial charge in [-0.05, 0) is 61.4 Å². The van der Waals surface area contributed by atoms with Crippen LogP contribution in [0.1, 0.15) is 48.9 Å². The molecule has 1 amide bonds. The predicted octanol–water partition coefficient (Wildman–Crippen LogP) is 3.63. The van der Waals surface area contributed by atoms with E-state index in [4.69, 9.17) is 9.15 Å².